The van der Waals surface area contributed by atoms with Crippen LogP contribution in [0.25, 0.3) is 0 Å². The van der Waals surface area contributed by atoms with Crippen LogP contribution in [-0.4, -0.2) is 12.3 Å². The van der Waals surface area contributed by atoms with Gasteiger partial charge in [-0.15, -0.1) is 0 Å². The highest BCUT2D eigenvalue weighted by Gasteiger charge is 1.96. The van der Waals surface area contributed by atoms with Gasteiger partial charge in [0.1, 0.15) is 0 Å². The van der Waals surface area contributed by atoms with E-state index < -0.39 is 0 Å². The molecule has 0 amide bonds. The lowest BCUT2D eigenvalue weighted by atomic mass is 10.1. The smallest absolute Gasteiger partial charge is 0.0388 e. The predicted molar refractivity (Wildman–Crippen MR) is 66.2 cm³/mol. The number of nitrogens with zero attached hydrogens (tertiary/aromatic N) is 1. The molecule has 0 radical (unpaired) electrons. The number of hydrogen-bond acceptors (Lipinski definition) is 1. The van der Waals surface area contributed by atoms with Crippen molar-refractivity contribution in [1.29, 1.82) is 0 Å². The summed E-state index contributed by atoms with van der Waals surface area (Å²) in [5, 5.41) is 0. The van der Waals surface area contributed by atoms with Crippen molar-refractivity contribution in [3.8, 4) is 0 Å². The van der Waals surface area contributed by atoms with Gasteiger partial charge >= 0.3 is 0 Å². The third-order valence-corrected chi connectivity index (χ3v) is 2.71. The van der Waals surface area contributed by atoms with Gasteiger partial charge in [-0.25, -0.2) is 0 Å². The fraction of sp³-hybridized carbons (Fsp3) is 0.923. The van der Waals surface area contributed by atoms with E-state index in [4.69, 9.17) is 0 Å². The first-order valence-corrected chi connectivity index (χ1v) is 6.19. The first-order valence-electron chi connectivity index (χ1n) is 6.19. The standard InChI is InChI=1S/C13H27N/c1-5-6-7-8-9-10-11-14-13(4)12(2)3/h12H,5-11H2,1-4H3/b14-13+. The van der Waals surface area contributed by atoms with Crippen molar-refractivity contribution in [2.45, 2.75) is 66.2 Å². The van der Waals surface area contributed by atoms with Gasteiger partial charge < -0.3 is 0 Å². The van der Waals surface area contributed by atoms with Crippen LogP contribution in [0.5, 0.6) is 0 Å². The molecule has 0 heterocycles. The molecular weight excluding hydrogens is 170 g/mol. The summed E-state index contributed by atoms with van der Waals surface area (Å²) in [5.41, 5.74) is 1.30. The van der Waals surface area contributed by atoms with Gasteiger partial charge in [0, 0.05) is 12.3 Å². The second-order valence-electron chi connectivity index (χ2n) is 4.45. The Bertz CT molecular complexity index is 147. The first kappa shape index (κ1) is 13.7. The van der Waals surface area contributed by atoms with Crippen molar-refractivity contribution in [2.75, 3.05) is 6.54 Å². The molecule has 0 atom stereocenters. The predicted octanol–water partition coefficient (Wildman–Crippen LogP) is 4.46. The third-order valence-electron chi connectivity index (χ3n) is 2.71. The third kappa shape index (κ3) is 8.28. The Kier molecular flexibility index (Phi) is 9.02. The summed E-state index contributed by atoms with van der Waals surface area (Å²) < 4.78 is 0. The van der Waals surface area contributed by atoms with Crippen LogP contribution in [0.1, 0.15) is 66.2 Å². The fourth-order valence-electron chi connectivity index (χ4n) is 1.33. The molecule has 0 N–H and O–H groups in total. The maximum Gasteiger partial charge on any atom is 0.0388 e. The number of rotatable bonds is 8. The molecule has 1 nitrogen and oxygen atoms in total. The molecule has 0 saturated carbocycles. The molecule has 0 aromatic heterocycles. The summed E-state index contributed by atoms with van der Waals surface area (Å²) in [6.07, 6.45) is 8.16. The van der Waals surface area contributed by atoms with Gasteiger partial charge in [-0.2, -0.15) is 0 Å². The van der Waals surface area contributed by atoms with Gasteiger partial charge in [-0.1, -0.05) is 52.9 Å². The second-order valence-corrected chi connectivity index (χ2v) is 4.45. The summed E-state index contributed by atoms with van der Waals surface area (Å²) in [5.74, 6) is 0.620. The Labute approximate surface area is 90.0 Å². The monoisotopic (exact) mass is 197 g/mol. The molecule has 0 fully saturated rings. The summed E-state index contributed by atoms with van der Waals surface area (Å²) in [6, 6.07) is 0. The molecule has 0 aromatic rings. The SMILES string of the molecule is CCCCCCCC/N=C(\C)C(C)C. The molecule has 0 aliphatic heterocycles. The highest BCUT2D eigenvalue weighted by atomic mass is 14.7. The van der Waals surface area contributed by atoms with Crippen LogP contribution in [0.4, 0.5) is 0 Å². The van der Waals surface area contributed by atoms with E-state index in [0.717, 1.165) is 6.54 Å². The van der Waals surface area contributed by atoms with Gasteiger partial charge in [0.05, 0.1) is 0 Å². The van der Waals surface area contributed by atoms with Gasteiger partial charge in [-0.3, -0.25) is 4.99 Å². The molecule has 1 heteroatoms. The lowest BCUT2D eigenvalue weighted by Crippen LogP contribution is -2.02. The Hall–Kier alpha value is -0.330. The number of aliphatic imine (C=N–C) groups is 1. The van der Waals surface area contributed by atoms with Gasteiger partial charge in [0.15, 0.2) is 0 Å². The molecule has 14 heavy (non-hydrogen) atoms. The van der Waals surface area contributed by atoms with E-state index >= 15 is 0 Å². The van der Waals surface area contributed by atoms with Crippen molar-refractivity contribution in [1.82, 2.24) is 0 Å². The van der Waals surface area contributed by atoms with Crippen molar-refractivity contribution in [3.05, 3.63) is 0 Å². The van der Waals surface area contributed by atoms with Crippen molar-refractivity contribution >= 4 is 5.71 Å². The van der Waals surface area contributed by atoms with Crippen molar-refractivity contribution in [2.24, 2.45) is 10.9 Å². The Morgan fingerprint density at radius 3 is 2.14 bits per heavy atom. The summed E-state index contributed by atoms with van der Waals surface area (Å²) in [6.45, 7) is 9.86. The van der Waals surface area contributed by atoms with Crippen LogP contribution < -0.4 is 0 Å². The van der Waals surface area contributed by atoms with E-state index in [1.165, 1.54) is 44.2 Å². The van der Waals surface area contributed by atoms with E-state index in [9.17, 15) is 0 Å². The van der Waals surface area contributed by atoms with E-state index in [2.05, 4.69) is 32.7 Å². The van der Waals surface area contributed by atoms with E-state index in [0.29, 0.717) is 5.92 Å². The van der Waals surface area contributed by atoms with Crippen LogP contribution in [0.3, 0.4) is 0 Å². The minimum absolute atomic E-state index is 0.620. The highest BCUT2D eigenvalue weighted by molar-refractivity contribution is 5.83. The van der Waals surface area contributed by atoms with Gasteiger partial charge in [-0.05, 0) is 19.3 Å². The lowest BCUT2D eigenvalue weighted by Gasteiger charge is -2.03. The summed E-state index contributed by atoms with van der Waals surface area (Å²) in [4.78, 5) is 4.56. The number of unbranched alkanes of at least 4 members (excludes halogenated alkanes) is 5. The fourth-order valence-corrected chi connectivity index (χ4v) is 1.33. The van der Waals surface area contributed by atoms with Crippen molar-refractivity contribution < 1.29 is 0 Å². The zero-order valence-corrected chi connectivity index (χ0v) is 10.5. The van der Waals surface area contributed by atoms with E-state index in [1.54, 1.807) is 0 Å². The molecule has 84 valence electrons. The Morgan fingerprint density at radius 2 is 1.57 bits per heavy atom. The largest absolute Gasteiger partial charge is 0.294 e. The van der Waals surface area contributed by atoms with Gasteiger partial charge in [0.2, 0.25) is 0 Å². The summed E-state index contributed by atoms with van der Waals surface area (Å²) in [7, 11) is 0. The zero-order chi connectivity index (χ0) is 10.8. The quantitative estimate of drug-likeness (QED) is 0.402. The minimum atomic E-state index is 0.620. The first-order chi connectivity index (χ1) is 6.68. The van der Waals surface area contributed by atoms with Crippen LogP contribution in [0.15, 0.2) is 4.99 Å². The van der Waals surface area contributed by atoms with E-state index in [1.807, 2.05) is 0 Å². The molecule has 0 aromatic carbocycles. The molecule has 0 saturated heterocycles. The maximum atomic E-state index is 4.56. The minimum Gasteiger partial charge on any atom is -0.294 e. The summed E-state index contributed by atoms with van der Waals surface area (Å²) >= 11 is 0. The van der Waals surface area contributed by atoms with Crippen LogP contribution in [-0.2, 0) is 0 Å². The lowest BCUT2D eigenvalue weighted by molar-refractivity contribution is 0.611. The molecule has 0 unspecified atom stereocenters. The topological polar surface area (TPSA) is 12.4 Å². The molecule has 0 spiro atoms. The van der Waals surface area contributed by atoms with E-state index in [-0.39, 0.29) is 0 Å². The average molecular weight is 197 g/mol. The normalized spacial score (nSPS) is 12.5. The number of hydrogen-bond donors (Lipinski definition) is 0. The molecule has 0 rings (SSSR count). The van der Waals surface area contributed by atoms with Crippen molar-refractivity contribution in [3.63, 3.8) is 0 Å². The van der Waals surface area contributed by atoms with Crippen LogP contribution >= 0.6 is 0 Å². The highest BCUT2D eigenvalue weighted by Crippen LogP contribution is 2.05. The Balaban J connectivity index is 3.24. The Morgan fingerprint density at radius 1 is 1.00 bits per heavy atom. The van der Waals surface area contributed by atoms with Crippen LogP contribution in [0, 0.1) is 5.92 Å². The van der Waals surface area contributed by atoms with Gasteiger partial charge in [0.25, 0.3) is 0 Å². The maximum absolute atomic E-state index is 4.56. The van der Waals surface area contributed by atoms with Crippen LogP contribution in [0.2, 0.25) is 0 Å². The molecule has 0 bridgehead atoms. The molecule has 0 aliphatic rings. The average Bonchev–Trinajstić information content (AvgIpc) is 2.16. The second kappa shape index (κ2) is 9.23. The molecular formula is C13H27N. The molecule has 0 aliphatic carbocycles. The zero-order valence-electron chi connectivity index (χ0n) is 10.5.